The quantitative estimate of drug-likeness (QED) is 0.434. The number of rotatable bonds is 4. The Kier molecular flexibility index (Phi) is 5.74. The summed E-state index contributed by atoms with van der Waals surface area (Å²) in [5, 5.41) is 10.6. The van der Waals surface area contributed by atoms with Gasteiger partial charge in [-0.15, -0.1) is 0 Å². The number of amides is 1. The van der Waals surface area contributed by atoms with Gasteiger partial charge in [-0.2, -0.15) is 0 Å². The standard InChI is InChI=1S/C18H12Cl2N2O4S/c1-25-13-7-9(8-14-16(23)22-18(21)27-14)6-12(20)15(13)26-17(24)10-2-4-11(19)5-3-10/h2-8H,1H3,(H2,21,22,23). The molecule has 1 aliphatic rings. The average molecular weight is 423 g/mol. The van der Waals surface area contributed by atoms with Gasteiger partial charge >= 0.3 is 5.97 Å². The smallest absolute Gasteiger partial charge is 0.343 e. The molecule has 2 aromatic carbocycles. The van der Waals surface area contributed by atoms with Crippen LogP contribution in [0.5, 0.6) is 11.5 Å². The Morgan fingerprint density at radius 1 is 1.22 bits per heavy atom. The fourth-order valence-corrected chi connectivity index (χ4v) is 3.34. The highest BCUT2D eigenvalue weighted by molar-refractivity contribution is 8.18. The monoisotopic (exact) mass is 422 g/mol. The number of ether oxygens (including phenoxy) is 2. The molecule has 0 bridgehead atoms. The Balaban J connectivity index is 1.89. The number of esters is 1. The van der Waals surface area contributed by atoms with Crippen molar-refractivity contribution >= 4 is 58.1 Å². The third kappa shape index (κ3) is 4.44. The lowest BCUT2D eigenvalue weighted by Gasteiger charge is -2.12. The zero-order valence-electron chi connectivity index (χ0n) is 13.8. The predicted molar refractivity (Wildman–Crippen MR) is 106 cm³/mol. The van der Waals surface area contributed by atoms with E-state index in [0.717, 1.165) is 11.8 Å². The van der Waals surface area contributed by atoms with Crippen LogP contribution in [0.3, 0.4) is 0 Å². The van der Waals surface area contributed by atoms with Crippen molar-refractivity contribution in [1.29, 1.82) is 5.41 Å². The topological polar surface area (TPSA) is 88.5 Å². The molecule has 0 aliphatic carbocycles. The number of carbonyl (C=O) groups is 2. The van der Waals surface area contributed by atoms with Gasteiger partial charge in [-0.1, -0.05) is 23.2 Å². The molecule has 3 rings (SSSR count). The lowest BCUT2D eigenvalue weighted by atomic mass is 10.1. The largest absolute Gasteiger partial charge is 0.493 e. The molecule has 1 saturated heterocycles. The third-order valence-corrected chi connectivity index (χ3v) is 4.85. The van der Waals surface area contributed by atoms with Crippen molar-refractivity contribution in [2.24, 2.45) is 0 Å². The molecule has 138 valence electrons. The van der Waals surface area contributed by atoms with Crippen LogP contribution in [0.15, 0.2) is 41.3 Å². The summed E-state index contributed by atoms with van der Waals surface area (Å²) in [5.74, 6) is -0.678. The summed E-state index contributed by atoms with van der Waals surface area (Å²) in [7, 11) is 1.41. The number of hydrogen-bond donors (Lipinski definition) is 2. The maximum atomic E-state index is 12.3. The van der Waals surface area contributed by atoms with E-state index in [9.17, 15) is 9.59 Å². The summed E-state index contributed by atoms with van der Waals surface area (Å²) in [6, 6.07) is 9.35. The second-order valence-corrected chi connectivity index (χ2v) is 7.22. The van der Waals surface area contributed by atoms with Gasteiger partial charge in [0, 0.05) is 5.02 Å². The van der Waals surface area contributed by atoms with E-state index >= 15 is 0 Å². The first-order chi connectivity index (χ1) is 12.9. The van der Waals surface area contributed by atoms with Crippen LogP contribution in [-0.4, -0.2) is 24.2 Å². The van der Waals surface area contributed by atoms with Crippen LogP contribution >= 0.6 is 35.0 Å². The first kappa shape index (κ1) is 19.3. The number of methoxy groups -OCH3 is 1. The molecule has 0 unspecified atom stereocenters. The van der Waals surface area contributed by atoms with E-state index in [1.165, 1.54) is 25.3 Å². The molecule has 27 heavy (non-hydrogen) atoms. The fraction of sp³-hybridized carbons (Fsp3) is 0.0556. The van der Waals surface area contributed by atoms with Gasteiger partial charge in [-0.25, -0.2) is 4.79 Å². The van der Waals surface area contributed by atoms with Gasteiger partial charge in [0.05, 0.1) is 22.6 Å². The minimum atomic E-state index is -0.614. The summed E-state index contributed by atoms with van der Waals surface area (Å²) in [6.45, 7) is 0. The van der Waals surface area contributed by atoms with E-state index < -0.39 is 5.97 Å². The number of amidine groups is 1. The molecule has 0 aromatic heterocycles. The van der Waals surface area contributed by atoms with E-state index in [4.69, 9.17) is 38.1 Å². The normalized spacial score (nSPS) is 15.0. The number of hydrogen-bond acceptors (Lipinski definition) is 6. The highest BCUT2D eigenvalue weighted by Crippen LogP contribution is 2.38. The molecule has 0 radical (unpaired) electrons. The van der Waals surface area contributed by atoms with Crippen LogP contribution in [0.4, 0.5) is 0 Å². The number of nitrogens with one attached hydrogen (secondary N) is 2. The molecule has 9 heteroatoms. The molecule has 2 N–H and O–H groups in total. The number of carbonyl (C=O) groups excluding carboxylic acids is 2. The summed E-state index contributed by atoms with van der Waals surface area (Å²) in [6.07, 6.45) is 1.57. The number of benzene rings is 2. The van der Waals surface area contributed by atoms with Crippen LogP contribution in [0.25, 0.3) is 6.08 Å². The maximum Gasteiger partial charge on any atom is 0.343 e. The Hall–Kier alpha value is -2.48. The third-order valence-electron chi connectivity index (χ3n) is 3.49. The van der Waals surface area contributed by atoms with Crippen LogP contribution in [-0.2, 0) is 4.79 Å². The van der Waals surface area contributed by atoms with Gasteiger partial charge in [0.25, 0.3) is 5.91 Å². The summed E-state index contributed by atoms with van der Waals surface area (Å²) < 4.78 is 10.7. The molecule has 2 aromatic rings. The number of halogens is 2. The molecule has 6 nitrogen and oxygen atoms in total. The van der Waals surface area contributed by atoms with Gasteiger partial charge in [-0.05, 0) is 59.8 Å². The SMILES string of the molecule is COc1cc(C=C2SC(=N)NC2=O)cc(Cl)c1OC(=O)c1ccc(Cl)cc1. The molecule has 1 amide bonds. The molecule has 1 fully saturated rings. The molecule has 1 heterocycles. The summed E-state index contributed by atoms with van der Waals surface area (Å²) in [5.41, 5.74) is 0.872. The van der Waals surface area contributed by atoms with Gasteiger partial charge < -0.3 is 14.8 Å². The van der Waals surface area contributed by atoms with Crippen molar-refractivity contribution in [3.8, 4) is 11.5 Å². The maximum absolute atomic E-state index is 12.3. The second-order valence-electron chi connectivity index (χ2n) is 5.32. The van der Waals surface area contributed by atoms with Crippen LogP contribution < -0.4 is 14.8 Å². The van der Waals surface area contributed by atoms with Crippen LogP contribution in [0.2, 0.25) is 10.0 Å². The zero-order chi connectivity index (χ0) is 19.6. The second kappa shape index (κ2) is 8.04. The van der Waals surface area contributed by atoms with Crippen molar-refractivity contribution in [2.45, 2.75) is 0 Å². The molecule has 0 saturated carbocycles. The highest BCUT2D eigenvalue weighted by Gasteiger charge is 2.23. The Morgan fingerprint density at radius 2 is 1.93 bits per heavy atom. The minimum Gasteiger partial charge on any atom is -0.493 e. The van der Waals surface area contributed by atoms with E-state index in [1.807, 2.05) is 0 Å². The molecule has 0 spiro atoms. The molecular formula is C18H12Cl2N2O4S. The van der Waals surface area contributed by atoms with Gasteiger partial charge in [0.1, 0.15) is 0 Å². The van der Waals surface area contributed by atoms with Crippen LogP contribution in [0, 0.1) is 5.41 Å². The van der Waals surface area contributed by atoms with Crippen molar-refractivity contribution in [3.05, 3.63) is 62.5 Å². The van der Waals surface area contributed by atoms with Crippen LogP contribution in [0.1, 0.15) is 15.9 Å². The molecular weight excluding hydrogens is 411 g/mol. The van der Waals surface area contributed by atoms with E-state index in [-0.39, 0.29) is 27.6 Å². The molecule has 0 atom stereocenters. The number of thioether (sulfide) groups is 1. The van der Waals surface area contributed by atoms with Gasteiger partial charge in [0.15, 0.2) is 16.7 Å². The fourth-order valence-electron chi connectivity index (χ4n) is 2.25. The van der Waals surface area contributed by atoms with Crippen molar-refractivity contribution in [1.82, 2.24) is 5.32 Å². The Bertz CT molecular complexity index is 974. The lowest BCUT2D eigenvalue weighted by Crippen LogP contribution is -2.18. The van der Waals surface area contributed by atoms with Crippen molar-refractivity contribution < 1.29 is 19.1 Å². The van der Waals surface area contributed by atoms with Crippen molar-refractivity contribution in [2.75, 3.05) is 7.11 Å². The molecule has 1 aliphatic heterocycles. The first-order valence-corrected chi connectivity index (χ1v) is 9.09. The minimum absolute atomic E-state index is 0.0535. The highest BCUT2D eigenvalue weighted by atomic mass is 35.5. The predicted octanol–water partition coefficient (Wildman–Crippen LogP) is 4.36. The lowest BCUT2D eigenvalue weighted by molar-refractivity contribution is -0.115. The average Bonchev–Trinajstić information content (AvgIpc) is 2.94. The van der Waals surface area contributed by atoms with E-state index in [1.54, 1.807) is 24.3 Å². The van der Waals surface area contributed by atoms with Gasteiger partial charge in [0.2, 0.25) is 0 Å². The first-order valence-electron chi connectivity index (χ1n) is 7.52. The van der Waals surface area contributed by atoms with Gasteiger partial charge in [-0.3, -0.25) is 10.2 Å². The van der Waals surface area contributed by atoms with E-state index in [0.29, 0.717) is 21.1 Å². The summed E-state index contributed by atoms with van der Waals surface area (Å²) in [4.78, 5) is 24.4. The Labute approximate surface area is 168 Å². The van der Waals surface area contributed by atoms with Crippen molar-refractivity contribution in [3.63, 3.8) is 0 Å². The summed E-state index contributed by atoms with van der Waals surface area (Å²) >= 11 is 13.1. The zero-order valence-corrected chi connectivity index (χ0v) is 16.2. The Morgan fingerprint density at radius 3 is 2.52 bits per heavy atom. The van der Waals surface area contributed by atoms with E-state index in [2.05, 4.69) is 5.32 Å².